The molecule has 0 saturated carbocycles. The van der Waals surface area contributed by atoms with Gasteiger partial charge in [0.05, 0.1) is 26.2 Å². The molecule has 0 radical (unpaired) electrons. The Bertz CT molecular complexity index is 482. The maximum absolute atomic E-state index is 12.4. The molecule has 0 unspecified atom stereocenters. The Kier molecular flexibility index (Phi) is 5.33. The third kappa shape index (κ3) is 3.82. The molecule has 1 fully saturated rings. The summed E-state index contributed by atoms with van der Waals surface area (Å²) in [7, 11) is 0. The highest BCUT2D eigenvalue weighted by molar-refractivity contribution is 5.94. The van der Waals surface area contributed by atoms with Crippen LogP contribution in [0.2, 0.25) is 0 Å². The number of nitrogens with one attached hydrogen (secondary N) is 2. The number of benzene rings is 1. The lowest BCUT2D eigenvalue weighted by atomic mass is 10.1. The quantitative estimate of drug-likeness (QED) is 0.789. The molecule has 1 aromatic carbocycles. The van der Waals surface area contributed by atoms with Crippen LogP contribution < -0.4 is 10.2 Å². The van der Waals surface area contributed by atoms with E-state index in [0.29, 0.717) is 19.6 Å². The summed E-state index contributed by atoms with van der Waals surface area (Å²) in [5.74, 6) is 0.177. The zero-order valence-electron chi connectivity index (χ0n) is 12.8. The third-order valence-electron chi connectivity index (χ3n) is 4.07. The molecule has 0 aromatic heterocycles. The molecular formula is C16H24N3O2+. The monoisotopic (exact) mass is 290 g/mol. The van der Waals surface area contributed by atoms with Crippen molar-refractivity contribution in [2.24, 2.45) is 0 Å². The summed E-state index contributed by atoms with van der Waals surface area (Å²) < 4.78 is 0. The van der Waals surface area contributed by atoms with Crippen molar-refractivity contribution in [1.29, 1.82) is 0 Å². The summed E-state index contributed by atoms with van der Waals surface area (Å²) in [6, 6.07) is 9.31. The second-order valence-electron chi connectivity index (χ2n) is 5.43. The maximum atomic E-state index is 12.4. The van der Waals surface area contributed by atoms with Gasteiger partial charge in [0.25, 0.3) is 11.8 Å². The summed E-state index contributed by atoms with van der Waals surface area (Å²) in [6.07, 6.45) is 0. The van der Waals surface area contributed by atoms with Gasteiger partial charge in [0.15, 0.2) is 6.04 Å². The van der Waals surface area contributed by atoms with Crippen molar-refractivity contribution in [3.8, 4) is 0 Å². The Morgan fingerprint density at radius 2 is 1.86 bits per heavy atom. The summed E-state index contributed by atoms with van der Waals surface area (Å²) in [4.78, 5) is 27.3. The summed E-state index contributed by atoms with van der Waals surface area (Å²) in [6.45, 7) is 7.58. The van der Waals surface area contributed by atoms with E-state index in [1.54, 1.807) is 0 Å². The fraction of sp³-hybridized carbons (Fsp3) is 0.500. The van der Waals surface area contributed by atoms with Crippen molar-refractivity contribution in [3.05, 3.63) is 35.9 Å². The number of rotatable bonds is 4. The first-order valence-corrected chi connectivity index (χ1v) is 7.60. The number of piperazine rings is 1. The summed E-state index contributed by atoms with van der Waals surface area (Å²) in [5.41, 5.74) is 0.734. The predicted octanol–water partition coefficient (Wildman–Crippen LogP) is -0.448. The van der Waals surface area contributed by atoms with E-state index in [-0.39, 0.29) is 17.9 Å². The molecule has 1 heterocycles. The van der Waals surface area contributed by atoms with Crippen LogP contribution in [0.1, 0.15) is 24.2 Å². The zero-order chi connectivity index (χ0) is 15.2. The smallest absolute Gasteiger partial charge is 0.278 e. The molecule has 1 aliphatic rings. The van der Waals surface area contributed by atoms with Crippen LogP contribution in [-0.2, 0) is 4.79 Å². The molecule has 0 spiro atoms. The lowest BCUT2D eigenvalue weighted by Crippen LogP contribution is -3.19. The molecule has 0 bridgehead atoms. The number of carbonyl (C=O) groups is 2. The van der Waals surface area contributed by atoms with Gasteiger partial charge in [-0.2, -0.15) is 0 Å². The molecule has 2 amide bonds. The number of amides is 2. The van der Waals surface area contributed by atoms with Crippen LogP contribution in [0.15, 0.2) is 30.3 Å². The number of hydrogen-bond donors (Lipinski definition) is 2. The molecule has 21 heavy (non-hydrogen) atoms. The molecular weight excluding hydrogens is 266 g/mol. The van der Waals surface area contributed by atoms with E-state index < -0.39 is 0 Å². The van der Waals surface area contributed by atoms with Crippen molar-refractivity contribution < 1.29 is 14.5 Å². The highest BCUT2D eigenvalue weighted by Gasteiger charge is 2.30. The maximum Gasteiger partial charge on any atom is 0.278 e. The largest absolute Gasteiger partial charge is 0.351 e. The van der Waals surface area contributed by atoms with Crippen molar-refractivity contribution in [2.45, 2.75) is 19.9 Å². The molecule has 114 valence electrons. The van der Waals surface area contributed by atoms with Gasteiger partial charge in [-0.05, 0) is 26.0 Å². The lowest BCUT2D eigenvalue weighted by molar-refractivity contribution is -0.917. The second kappa shape index (κ2) is 7.22. The van der Waals surface area contributed by atoms with Gasteiger partial charge in [0, 0.05) is 12.1 Å². The molecule has 0 aliphatic carbocycles. The number of quaternary nitrogens is 1. The van der Waals surface area contributed by atoms with Gasteiger partial charge in [-0.15, -0.1) is 0 Å². The van der Waals surface area contributed by atoms with E-state index in [0.717, 1.165) is 18.7 Å². The van der Waals surface area contributed by atoms with Crippen LogP contribution in [-0.4, -0.2) is 55.5 Å². The molecule has 5 nitrogen and oxygen atoms in total. The van der Waals surface area contributed by atoms with Crippen molar-refractivity contribution >= 4 is 11.8 Å². The standard InChI is InChI=1S/C16H23N3O2/c1-3-17-15(20)13(2)18-9-11-19(12-10-18)16(21)14-7-5-4-6-8-14/h4-8,13H,3,9-12H2,1-2H3,(H,17,20)/p+1/t13-/m1/s1. The average molecular weight is 290 g/mol. The zero-order valence-corrected chi connectivity index (χ0v) is 12.8. The Balaban J connectivity index is 1.88. The van der Waals surface area contributed by atoms with Gasteiger partial charge in [-0.25, -0.2) is 0 Å². The van der Waals surface area contributed by atoms with Gasteiger partial charge >= 0.3 is 0 Å². The van der Waals surface area contributed by atoms with Crippen molar-refractivity contribution in [1.82, 2.24) is 10.2 Å². The summed E-state index contributed by atoms with van der Waals surface area (Å²) >= 11 is 0. The average Bonchev–Trinajstić information content (AvgIpc) is 2.54. The molecule has 1 aliphatic heterocycles. The lowest BCUT2D eigenvalue weighted by Gasteiger charge is -2.34. The van der Waals surface area contributed by atoms with E-state index in [1.165, 1.54) is 4.90 Å². The molecule has 1 aromatic rings. The molecule has 5 heteroatoms. The number of likely N-dealkylation sites (N-methyl/N-ethyl adjacent to an activating group) is 1. The fourth-order valence-electron chi connectivity index (χ4n) is 2.71. The van der Waals surface area contributed by atoms with E-state index >= 15 is 0 Å². The van der Waals surface area contributed by atoms with Gasteiger partial charge in [-0.1, -0.05) is 18.2 Å². The molecule has 2 N–H and O–H groups in total. The van der Waals surface area contributed by atoms with Crippen LogP contribution in [0.5, 0.6) is 0 Å². The number of hydrogen-bond acceptors (Lipinski definition) is 2. The second-order valence-corrected chi connectivity index (χ2v) is 5.43. The third-order valence-corrected chi connectivity index (χ3v) is 4.07. The van der Waals surface area contributed by atoms with Crippen LogP contribution in [0, 0.1) is 0 Å². The van der Waals surface area contributed by atoms with Crippen LogP contribution in [0.4, 0.5) is 0 Å². The van der Waals surface area contributed by atoms with Crippen molar-refractivity contribution in [3.63, 3.8) is 0 Å². The minimum Gasteiger partial charge on any atom is -0.351 e. The highest BCUT2D eigenvalue weighted by atomic mass is 16.2. The van der Waals surface area contributed by atoms with E-state index in [4.69, 9.17) is 0 Å². The Hall–Kier alpha value is -1.88. The van der Waals surface area contributed by atoms with Gasteiger partial charge in [-0.3, -0.25) is 9.59 Å². The van der Waals surface area contributed by atoms with E-state index in [2.05, 4.69) is 5.32 Å². The van der Waals surface area contributed by atoms with E-state index in [9.17, 15) is 9.59 Å². The van der Waals surface area contributed by atoms with Crippen LogP contribution >= 0.6 is 0 Å². The molecule has 2 rings (SSSR count). The molecule has 1 saturated heterocycles. The minimum atomic E-state index is -0.0565. The number of nitrogens with zero attached hydrogens (tertiary/aromatic N) is 1. The first kappa shape index (κ1) is 15.5. The Morgan fingerprint density at radius 3 is 2.43 bits per heavy atom. The van der Waals surface area contributed by atoms with Gasteiger partial charge in [0.1, 0.15) is 0 Å². The topological polar surface area (TPSA) is 53.9 Å². The minimum absolute atomic E-state index is 0.0565. The van der Waals surface area contributed by atoms with Crippen LogP contribution in [0.25, 0.3) is 0 Å². The van der Waals surface area contributed by atoms with Crippen LogP contribution in [0.3, 0.4) is 0 Å². The molecule has 1 atom stereocenters. The predicted molar refractivity (Wildman–Crippen MR) is 81.2 cm³/mol. The SMILES string of the molecule is CCNC(=O)[C@@H](C)[NH+]1CCN(C(=O)c2ccccc2)CC1. The summed E-state index contributed by atoms with van der Waals surface area (Å²) in [5, 5.41) is 2.86. The number of carbonyl (C=O) groups excluding carboxylic acids is 2. The van der Waals surface area contributed by atoms with Gasteiger partial charge < -0.3 is 15.1 Å². The first-order chi connectivity index (χ1) is 10.1. The first-order valence-electron chi connectivity index (χ1n) is 7.60. The van der Waals surface area contributed by atoms with E-state index in [1.807, 2.05) is 49.1 Å². The Morgan fingerprint density at radius 1 is 1.24 bits per heavy atom. The van der Waals surface area contributed by atoms with Crippen molar-refractivity contribution in [2.75, 3.05) is 32.7 Å². The highest BCUT2D eigenvalue weighted by Crippen LogP contribution is 2.04. The Labute approximate surface area is 125 Å². The normalized spacial score (nSPS) is 17.3. The fourth-order valence-corrected chi connectivity index (χ4v) is 2.71. The van der Waals surface area contributed by atoms with Gasteiger partial charge in [0.2, 0.25) is 0 Å².